The second kappa shape index (κ2) is 30.6. The van der Waals surface area contributed by atoms with Gasteiger partial charge in [0, 0.05) is 24.5 Å². The van der Waals surface area contributed by atoms with Crippen LogP contribution < -0.4 is 21.3 Å². The van der Waals surface area contributed by atoms with Crippen LogP contribution in [0.5, 0.6) is 0 Å². The summed E-state index contributed by atoms with van der Waals surface area (Å²) in [5.74, 6) is 0. The second-order valence-electron chi connectivity index (χ2n) is 24.1. The number of anilines is 2. The van der Waals surface area contributed by atoms with E-state index in [9.17, 15) is 107 Å². The van der Waals surface area contributed by atoms with Crippen molar-refractivity contribution >= 4 is 23.4 Å². The Morgan fingerprint density at radius 2 is 0.474 bits per heavy atom. The maximum atomic E-state index is 13.7. The fourth-order valence-electron chi connectivity index (χ4n) is 12.7. The number of benzene rings is 2. The van der Waals surface area contributed by atoms with E-state index in [1.54, 1.807) is 24.3 Å². The lowest BCUT2D eigenvalue weighted by molar-refractivity contribution is -0.395. The highest BCUT2D eigenvalue weighted by atomic mass is 16.8. The van der Waals surface area contributed by atoms with Crippen LogP contribution >= 0.6 is 0 Å². The van der Waals surface area contributed by atoms with Crippen LogP contribution in [-0.4, -0.2) is 370 Å². The smallest absolute Gasteiger partial charge is 0.319 e. The Morgan fingerprint density at radius 1 is 0.274 bits per heavy atom. The topological polar surface area (TPSA) is 596 Å². The van der Waals surface area contributed by atoms with E-state index >= 15 is 0 Å². The van der Waals surface area contributed by atoms with Gasteiger partial charge in [0.2, 0.25) is 0 Å². The van der Waals surface area contributed by atoms with E-state index in [1.165, 1.54) is 24.3 Å². The Labute approximate surface area is 537 Å². The number of nitrogens with one attached hydrogen (secondary N) is 4. The average molecular weight is 1370 g/mol. The molecule has 35 atom stereocenters. The molecule has 4 amide bonds. The lowest BCUT2D eigenvalue weighted by Crippen LogP contribution is -2.68. The molecule has 14 unspecified atom stereocenters. The molecule has 23 aliphatic heterocycles. The fraction of sp³-hybridized carbons (Fsp3) is 0.750. The van der Waals surface area contributed by atoms with Crippen molar-refractivity contribution in [2.45, 2.75) is 215 Å². The number of rotatable bonds is 5. The van der Waals surface area contributed by atoms with Crippen LogP contribution in [0.3, 0.4) is 0 Å². The predicted molar refractivity (Wildman–Crippen MR) is 300 cm³/mol. The van der Waals surface area contributed by atoms with E-state index in [1.807, 2.05) is 0 Å². The Balaban J connectivity index is 0.971. The maximum absolute atomic E-state index is 13.7. The summed E-state index contributed by atoms with van der Waals surface area (Å²) in [4.78, 5) is 27.3. The molecule has 39 nitrogen and oxygen atoms in total. The third-order valence-corrected chi connectivity index (χ3v) is 18.0. The normalized spacial score (nSPS) is 48.0. The molecule has 2 aromatic carbocycles. The zero-order valence-corrected chi connectivity index (χ0v) is 49.8. The van der Waals surface area contributed by atoms with Gasteiger partial charge in [-0.05, 0) is 35.4 Å². The van der Waals surface area contributed by atoms with Crippen molar-refractivity contribution in [2.75, 3.05) is 56.8 Å². The Bertz CT molecular complexity index is 2820. The average Bonchev–Trinajstić information content (AvgIpc) is 0.790. The highest BCUT2D eigenvalue weighted by Gasteiger charge is 2.60. The summed E-state index contributed by atoms with van der Waals surface area (Å²) < 4.78 is 82.6. The van der Waals surface area contributed by atoms with E-state index in [0.29, 0.717) is 11.1 Å². The molecule has 2 aromatic rings. The quantitative estimate of drug-likeness (QED) is 0.132. The molecule has 0 saturated carbocycles. The van der Waals surface area contributed by atoms with Gasteiger partial charge < -0.3 is 185 Å². The van der Waals surface area contributed by atoms with Gasteiger partial charge >= 0.3 is 12.1 Å². The van der Waals surface area contributed by atoms with E-state index < -0.39 is 273 Å². The standard InChI is InChI=1S/C56H80N4O35/c61-11-22-43-31(70)38(77)52(86-22)93-45-24(13-63)84-50(36(75)29(45)68)89-41-20-9-57-55(80)59-18-5-1-16(2-6-18)17-3-7-19(8-4-17)60-56(81)58-10-21-42(27(66)34(73)48(82-21)91-43)90-51-37(76)30(69)46(25(14-64)85-51)94-54-40(79)33(72)47(26(15-65)88-54)95-53-39(78)32(71)44(23(12-62)87-53)92-49(83-20)35(74)28(41)67/h1-8,20-54,61-79H,9-15H2,(H2,57,59,80)(H2,58,60,81)/t20-,21-,22-,23-,24-,25-,26-,27?,28?,29?,30?,31?,32?,33?,34?,35?,36?,37?,38?,39?,40?,41-,42-,43-,44-,45-,46-,47-,48-,49-,50-,51-,52-,53-,54-/m1/s1. The summed E-state index contributed by atoms with van der Waals surface area (Å²) in [6, 6.07) is 10.8. The van der Waals surface area contributed by atoms with Crippen molar-refractivity contribution in [3.8, 4) is 11.1 Å². The van der Waals surface area contributed by atoms with Crippen LogP contribution in [0.15, 0.2) is 48.5 Å². The summed E-state index contributed by atoms with van der Waals surface area (Å²) in [6.45, 7) is -6.82. The Morgan fingerprint density at radius 3 is 0.695 bits per heavy atom. The molecule has 23 N–H and O–H groups in total. The molecule has 25 rings (SSSR count). The first kappa shape index (κ1) is 71.9. The van der Waals surface area contributed by atoms with E-state index in [4.69, 9.17) is 66.3 Å². The molecule has 0 spiro atoms. The van der Waals surface area contributed by atoms with Crippen LogP contribution in [0.4, 0.5) is 21.0 Å². The molecule has 0 aliphatic carbocycles. The summed E-state index contributed by atoms with van der Waals surface area (Å²) in [6.07, 6.45) is -72.3. The predicted octanol–water partition coefficient (Wildman–Crippen LogP) is -11.6. The van der Waals surface area contributed by atoms with Crippen LogP contribution in [0.2, 0.25) is 0 Å². The van der Waals surface area contributed by atoms with Gasteiger partial charge in [-0.15, -0.1) is 0 Å². The largest absolute Gasteiger partial charge is 0.394 e. The third-order valence-electron chi connectivity index (χ3n) is 18.0. The van der Waals surface area contributed by atoms with Gasteiger partial charge in [0.1, 0.15) is 171 Å². The number of urea groups is 2. The van der Waals surface area contributed by atoms with Crippen LogP contribution in [-0.2, 0) is 66.3 Å². The van der Waals surface area contributed by atoms with Gasteiger partial charge in [0.05, 0.1) is 33.0 Å². The monoisotopic (exact) mass is 1370 g/mol. The SMILES string of the molecule is O=C1NC[C@H]2O[C@@H]3O[C@H]4C(O)C(O)[C@H](O[C@@H]4CO)O[C@H]4C(O)C(O)[C@H](O[C@@H]4CO)O[C@H]4C(O)C(O)[C@H](O[C@@H]4CNC(=O)Nc4ccc(cc4)-c4ccc(cc4)N1)O[C@H]1C(O)C(O)[C@H](O[C@@H]1CO)O[C@H]1C(O)C(O)[C@H](O[C@@H]1CO)O[C@H]1C(O)C(O)[C@H](O[C@@H]1CO)O[C@H]2C(O)C3O. The number of aliphatic hydroxyl groups excluding tert-OH is 19. The number of ether oxygens (including phenoxy) is 14. The number of aliphatic hydroxyl groups is 19. The van der Waals surface area contributed by atoms with Crippen molar-refractivity contribution < 1.29 is 173 Å². The molecule has 16 saturated heterocycles. The molecular weight excluding hydrogens is 1290 g/mol. The summed E-state index contributed by atoms with van der Waals surface area (Å²) >= 11 is 0. The Hall–Kier alpha value is -4.34. The zero-order chi connectivity index (χ0) is 68.0. The van der Waals surface area contributed by atoms with Gasteiger partial charge in [0.15, 0.2) is 44.0 Å². The fourth-order valence-corrected chi connectivity index (χ4v) is 12.7. The molecule has 0 aromatic heterocycles. The highest BCUT2D eigenvalue weighted by Crippen LogP contribution is 2.39. The minimum Gasteiger partial charge on any atom is -0.394 e. The molecular formula is C56H80N4O35. The molecule has 16 fully saturated rings. The van der Waals surface area contributed by atoms with Crippen molar-refractivity contribution in [1.82, 2.24) is 10.6 Å². The first-order valence-corrected chi connectivity index (χ1v) is 30.5. The van der Waals surface area contributed by atoms with Gasteiger partial charge in [-0.2, -0.15) is 0 Å². The highest BCUT2D eigenvalue weighted by molar-refractivity contribution is 5.90. The Kier molecular flexibility index (Phi) is 23.2. The lowest BCUT2D eigenvalue weighted by atomic mass is 9.95. The van der Waals surface area contributed by atoms with E-state index in [0.717, 1.165) is 0 Å². The summed E-state index contributed by atoms with van der Waals surface area (Å²) in [7, 11) is 0. The van der Waals surface area contributed by atoms with Crippen molar-refractivity contribution in [1.29, 1.82) is 0 Å². The number of hydrogen-bond donors (Lipinski definition) is 23. The van der Waals surface area contributed by atoms with Crippen molar-refractivity contribution in [3.63, 3.8) is 0 Å². The minimum atomic E-state index is -2.28. The van der Waals surface area contributed by atoms with Crippen LogP contribution in [0.25, 0.3) is 11.1 Å². The van der Waals surface area contributed by atoms with E-state index in [2.05, 4.69) is 21.3 Å². The second-order valence-corrected chi connectivity index (χ2v) is 24.1. The molecule has 39 heteroatoms. The van der Waals surface area contributed by atoms with Crippen molar-refractivity contribution in [2.24, 2.45) is 0 Å². The number of carbonyl (C=O) groups is 2. The first-order chi connectivity index (χ1) is 45.4. The maximum Gasteiger partial charge on any atom is 0.319 e. The van der Waals surface area contributed by atoms with Gasteiger partial charge in [-0.1, -0.05) is 24.3 Å². The summed E-state index contributed by atoms with van der Waals surface area (Å²) in [5, 5.41) is 227. The minimum absolute atomic E-state index is 0.221. The summed E-state index contributed by atoms with van der Waals surface area (Å²) in [5.41, 5.74) is 1.67. The molecule has 23 heterocycles. The van der Waals surface area contributed by atoms with Crippen molar-refractivity contribution in [3.05, 3.63) is 48.5 Å². The molecule has 23 aliphatic rings. The van der Waals surface area contributed by atoms with Crippen LogP contribution in [0.1, 0.15) is 0 Å². The number of amides is 4. The molecule has 20 bridgehead atoms. The molecule has 95 heavy (non-hydrogen) atoms. The number of fused-ring (bicyclic) bond motifs is 3. The number of carbonyl (C=O) groups excluding carboxylic acids is 2. The van der Waals surface area contributed by atoms with Crippen LogP contribution in [0, 0.1) is 0 Å². The third kappa shape index (κ3) is 14.8. The van der Waals surface area contributed by atoms with Gasteiger partial charge in [-0.25, -0.2) is 9.59 Å². The first-order valence-electron chi connectivity index (χ1n) is 30.5. The number of hydrogen-bond acceptors (Lipinski definition) is 35. The van der Waals surface area contributed by atoms with Gasteiger partial charge in [0.25, 0.3) is 0 Å². The lowest BCUT2D eigenvalue weighted by Gasteiger charge is -2.50. The zero-order valence-electron chi connectivity index (χ0n) is 49.8. The molecule has 534 valence electrons. The van der Waals surface area contributed by atoms with Gasteiger partial charge in [-0.3, -0.25) is 0 Å². The van der Waals surface area contributed by atoms with E-state index in [-0.39, 0.29) is 11.4 Å². The molecule has 0 radical (unpaired) electrons.